The van der Waals surface area contributed by atoms with Crippen LogP contribution in [0.4, 0.5) is 0 Å². The van der Waals surface area contributed by atoms with E-state index in [1.165, 1.54) is 0 Å². The quantitative estimate of drug-likeness (QED) is 0.672. The molecule has 0 amide bonds. The van der Waals surface area contributed by atoms with Crippen molar-refractivity contribution in [2.24, 2.45) is 0 Å². The van der Waals surface area contributed by atoms with Crippen LogP contribution in [0.15, 0.2) is 34.8 Å². The van der Waals surface area contributed by atoms with E-state index in [0.717, 1.165) is 37.9 Å². The van der Waals surface area contributed by atoms with Crippen molar-refractivity contribution in [3.05, 3.63) is 45.9 Å². The number of halogens is 1. The van der Waals surface area contributed by atoms with Gasteiger partial charge in [-0.15, -0.1) is 0 Å². The Morgan fingerprint density at radius 3 is 2.57 bits per heavy atom. The molecule has 116 valence electrons. The summed E-state index contributed by atoms with van der Waals surface area (Å²) in [5.41, 5.74) is 4.45. The van der Waals surface area contributed by atoms with Crippen molar-refractivity contribution in [2.45, 2.75) is 13.8 Å². The van der Waals surface area contributed by atoms with Crippen LogP contribution < -0.4 is 9.47 Å². The third-order valence-electron chi connectivity index (χ3n) is 4.26. The molecule has 1 N–H and O–H groups in total. The lowest BCUT2D eigenvalue weighted by molar-refractivity contribution is 0.174. The van der Waals surface area contributed by atoms with Gasteiger partial charge in [-0.05, 0) is 49.2 Å². The molecule has 0 radical (unpaired) electrons. The van der Waals surface area contributed by atoms with E-state index in [2.05, 4.69) is 22.9 Å². The van der Waals surface area contributed by atoms with Gasteiger partial charge in [-0.3, -0.25) is 0 Å². The van der Waals surface area contributed by atoms with Crippen molar-refractivity contribution in [3.63, 3.8) is 0 Å². The monoisotopic (exact) mass is 371 g/mol. The van der Waals surface area contributed by atoms with Gasteiger partial charge in [0.2, 0.25) is 6.79 Å². The molecule has 2 heterocycles. The number of rotatable bonds is 1. The Bertz CT molecular complexity index is 953. The zero-order chi connectivity index (χ0) is 16.1. The van der Waals surface area contributed by atoms with Gasteiger partial charge >= 0.3 is 0 Å². The van der Waals surface area contributed by atoms with Crippen molar-refractivity contribution in [2.75, 3.05) is 6.79 Å². The van der Waals surface area contributed by atoms with Gasteiger partial charge in [-0.1, -0.05) is 15.9 Å². The molecule has 0 spiro atoms. The predicted molar refractivity (Wildman–Crippen MR) is 92.1 cm³/mol. The fraction of sp³-hybridized carbons (Fsp3) is 0.167. The van der Waals surface area contributed by atoms with Crippen molar-refractivity contribution < 1.29 is 14.6 Å². The third kappa shape index (κ3) is 2.23. The molecule has 1 aliphatic rings. The van der Waals surface area contributed by atoms with E-state index in [1.807, 2.05) is 25.1 Å². The molecule has 0 saturated carbocycles. The number of benzene rings is 2. The Kier molecular flexibility index (Phi) is 3.20. The van der Waals surface area contributed by atoms with E-state index in [9.17, 15) is 5.11 Å². The summed E-state index contributed by atoms with van der Waals surface area (Å²) in [6.45, 7) is 4.31. The van der Waals surface area contributed by atoms with Crippen molar-refractivity contribution in [3.8, 4) is 28.5 Å². The van der Waals surface area contributed by atoms with E-state index >= 15 is 0 Å². The maximum absolute atomic E-state index is 10.2. The molecular formula is C18H14BrNO3. The normalized spacial score (nSPS) is 12.8. The predicted octanol–water partition coefficient (Wildman–Crippen LogP) is 4.72. The van der Waals surface area contributed by atoms with Crippen molar-refractivity contribution in [1.82, 2.24) is 4.98 Å². The number of aromatic hydroxyl groups is 1. The van der Waals surface area contributed by atoms with Crippen molar-refractivity contribution >= 4 is 26.8 Å². The third-order valence-corrected chi connectivity index (χ3v) is 4.75. The first-order chi connectivity index (χ1) is 11.0. The Hall–Kier alpha value is -2.27. The average molecular weight is 372 g/mol. The largest absolute Gasteiger partial charge is 0.507 e. The molecule has 1 aromatic heterocycles. The molecular weight excluding hydrogens is 358 g/mol. The molecule has 4 nitrogen and oxygen atoms in total. The molecule has 3 aromatic rings. The van der Waals surface area contributed by atoms with Crippen LogP contribution in [0, 0.1) is 13.8 Å². The summed E-state index contributed by atoms with van der Waals surface area (Å²) in [5, 5.41) is 11.3. The highest BCUT2D eigenvalue weighted by Gasteiger charge is 2.19. The number of pyridine rings is 1. The van der Waals surface area contributed by atoms with E-state index in [4.69, 9.17) is 14.5 Å². The van der Waals surface area contributed by atoms with Gasteiger partial charge in [0.25, 0.3) is 0 Å². The number of ether oxygens (including phenoxy) is 2. The maximum Gasteiger partial charge on any atom is 0.231 e. The van der Waals surface area contributed by atoms with Gasteiger partial charge in [0.15, 0.2) is 11.5 Å². The lowest BCUT2D eigenvalue weighted by Gasteiger charge is -2.13. The molecule has 5 heteroatoms. The Balaban J connectivity index is 2.03. The lowest BCUT2D eigenvalue weighted by atomic mass is 9.98. The van der Waals surface area contributed by atoms with E-state index in [-0.39, 0.29) is 12.5 Å². The van der Waals surface area contributed by atoms with Gasteiger partial charge in [0.1, 0.15) is 5.75 Å². The second-order valence-electron chi connectivity index (χ2n) is 5.59. The molecule has 0 fully saturated rings. The summed E-state index contributed by atoms with van der Waals surface area (Å²) in [7, 11) is 0. The second-order valence-corrected chi connectivity index (χ2v) is 6.51. The van der Waals surface area contributed by atoms with Gasteiger partial charge in [0, 0.05) is 21.5 Å². The van der Waals surface area contributed by atoms with Crippen LogP contribution in [0.25, 0.3) is 22.2 Å². The number of fused-ring (bicyclic) bond motifs is 2. The van der Waals surface area contributed by atoms with Gasteiger partial charge in [-0.2, -0.15) is 0 Å². The smallest absolute Gasteiger partial charge is 0.231 e. The minimum absolute atomic E-state index is 0.211. The number of aromatic nitrogens is 1. The zero-order valence-corrected chi connectivity index (χ0v) is 14.3. The first kappa shape index (κ1) is 14.3. The minimum Gasteiger partial charge on any atom is -0.507 e. The zero-order valence-electron chi connectivity index (χ0n) is 12.7. The molecule has 4 rings (SSSR count). The molecule has 0 bridgehead atoms. The van der Waals surface area contributed by atoms with E-state index in [1.54, 1.807) is 12.1 Å². The van der Waals surface area contributed by atoms with Gasteiger partial charge in [0.05, 0.1) is 11.2 Å². The van der Waals surface area contributed by atoms with Crippen LogP contribution in [0.5, 0.6) is 17.2 Å². The first-order valence-electron chi connectivity index (χ1n) is 7.24. The fourth-order valence-corrected chi connectivity index (χ4v) is 3.23. The fourth-order valence-electron chi connectivity index (χ4n) is 2.87. The summed E-state index contributed by atoms with van der Waals surface area (Å²) >= 11 is 3.45. The minimum atomic E-state index is 0.211. The molecule has 1 aliphatic heterocycles. The van der Waals surface area contributed by atoms with Crippen LogP contribution in [-0.4, -0.2) is 16.9 Å². The first-order valence-corrected chi connectivity index (χ1v) is 8.03. The average Bonchev–Trinajstić information content (AvgIpc) is 2.99. The number of hydrogen-bond donors (Lipinski definition) is 1. The standard InChI is InChI=1S/C18H14BrNO3/c1-9-10(2)18(13-5-11(19)3-4-15(13)21)20-14-7-17-16(6-12(9)14)22-8-23-17/h3-7,21H,8H2,1-2H3. The highest BCUT2D eigenvalue weighted by molar-refractivity contribution is 9.10. The second kappa shape index (κ2) is 5.13. The van der Waals surface area contributed by atoms with Crippen LogP contribution in [0.1, 0.15) is 11.1 Å². The summed E-state index contributed by atoms with van der Waals surface area (Å²) in [4.78, 5) is 4.77. The number of phenolic OH excluding ortho intramolecular Hbond substituents is 1. The molecule has 23 heavy (non-hydrogen) atoms. The number of aryl methyl sites for hydroxylation is 1. The Morgan fingerprint density at radius 1 is 1.04 bits per heavy atom. The van der Waals surface area contributed by atoms with E-state index < -0.39 is 0 Å². The molecule has 0 unspecified atom stereocenters. The number of hydrogen-bond acceptors (Lipinski definition) is 4. The lowest BCUT2D eigenvalue weighted by Crippen LogP contribution is -1.95. The SMILES string of the molecule is Cc1c(-c2cc(Br)ccc2O)nc2cc3c(cc2c1C)OCO3. The van der Waals surface area contributed by atoms with E-state index in [0.29, 0.717) is 11.3 Å². The summed E-state index contributed by atoms with van der Waals surface area (Å²) < 4.78 is 11.8. The highest BCUT2D eigenvalue weighted by atomic mass is 79.9. The van der Waals surface area contributed by atoms with Crippen LogP contribution in [0.2, 0.25) is 0 Å². The highest BCUT2D eigenvalue weighted by Crippen LogP contribution is 2.40. The number of phenols is 1. The van der Waals surface area contributed by atoms with Gasteiger partial charge < -0.3 is 14.6 Å². The Labute approximate surface area is 141 Å². The molecule has 0 saturated heterocycles. The summed E-state index contributed by atoms with van der Waals surface area (Å²) in [6, 6.07) is 9.21. The van der Waals surface area contributed by atoms with Gasteiger partial charge in [-0.25, -0.2) is 4.98 Å². The summed E-state index contributed by atoms with van der Waals surface area (Å²) in [5.74, 6) is 1.67. The molecule has 0 atom stereocenters. The van der Waals surface area contributed by atoms with Crippen LogP contribution >= 0.6 is 15.9 Å². The number of nitrogens with zero attached hydrogens (tertiary/aromatic N) is 1. The Morgan fingerprint density at radius 2 is 1.78 bits per heavy atom. The van der Waals surface area contributed by atoms with Crippen LogP contribution in [0.3, 0.4) is 0 Å². The van der Waals surface area contributed by atoms with Crippen LogP contribution in [-0.2, 0) is 0 Å². The maximum atomic E-state index is 10.2. The molecule has 2 aromatic carbocycles. The topological polar surface area (TPSA) is 51.6 Å². The molecule has 0 aliphatic carbocycles. The van der Waals surface area contributed by atoms with Crippen molar-refractivity contribution in [1.29, 1.82) is 0 Å². The summed E-state index contributed by atoms with van der Waals surface area (Å²) in [6.07, 6.45) is 0.